The lowest BCUT2D eigenvalue weighted by atomic mass is 10.0. The molecule has 1 atom stereocenters. The van der Waals surface area contributed by atoms with Gasteiger partial charge in [0.1, 0.15) is 0 Å². The topological polar surface area (TPSA) is 58.7 Å². The molecule has 1 saturated heterocycles. The van der Waals surface area contributed by atoms with Gasteiger partial charge in [-0.25, -0.2) is 4.99 Å². The number of nitro groups is 1. The van der Waals surface area contributed by atoms with Crippen LogP contribution in [-0.2, 0) is 0 Å². The van der Waals surface area contributed by atoms with E-state index in [9.17, 15) is 10.1 Å². The number of non-ortho nitro benzene ring substituents is 1. The van der Waals surface area contributed by atoms with Crippen molar-refractivity contribution in [3.05, 3.63) is 33.9 Å². The molecule has 1 aromatic rings. The van der Waals surface area contributed by atoms with E-state index in [0.717, 1.165) is 34.6 Å². The normalized spacial score (nSPS) is 22.6. The van der Waals surface area contributed by atoms with Crippen LogP contribution in [0.3, 0.4) is 0 Å². The molecule has 0 radical (unpaired) electrons. The van der Waals surface area contributed by atoms with Crippen molar-refractivity contribution in [3.8, 4) is 0 Å². The van der Waals surface area contributed by atoms with Gasteiger partial charge in [0.15, 0.2) is 5.17 Å². The van der Waals surface area contributed by atoms with Gasteiger partial charge in [-0.05, 0) is 49.7 Å². The Bertz CT molecular complexity index is 656. The number of nitro benzene ring substituents is 1. The third-order valence-electron chi connectivity index (χ3n) is 4.59. The fraction of sp³-hybridized carbons (Fsp3) is 0.611. The van der Waals surface area contributed by atoms with Crippen molar-refractivity contribution in [3.63, 3.8) is 0 Å². The first-order valence-corrected chi connectivity index (χ1v) is 9.65. The Balaban J connectivity index is 1.83. The highest BCUT2D eigenvalue weighted by Crippen LogP contribution is 2.37. The van der Waals surface area contributed by atoms with Crippen molar-refractivity contribution in [2.45, 2.75) is 46.1 Å². The van der Waals surface area contributed by atoms with Crippen LogP contribution in [0.4, 0.5) is 11.4 Å². The Hall–Kier alpha value is -1.56. The van der Waals surface area contributed by atoms with Crippen LogP contribution in [0.2, 0.25) is 0 Å². The molecule has 2 aliphatic rings. The van der Waals surface area contributed by atoms with Crippen molar-refractivity contribution in [2.24, 2.45) is 16.8 Å². The van der Waals surface area contributed by atoms with E-state index >= 15 is 0 Å². The van der Waals surface area contributed by atoms with Crippen LogP contribution < -0.4 is 0 Å². The lowest BCUT2D eigenvalue weighted by Gasteiger charge is -2.27. The number of rotatable bonds is 6. The molecule has 0 bridgehead atoms. The fourth-order valence-corrected chi connectivity index (χ4v) is 4.33. The molecule has 1 heterocycles. The second kappa shape index (κ2) is 7.13. The first kappa shape index (κ1) is 17.3. The van der Waals surface area contributed by atoms with E-state index in [4.69, 9.17) is 4.99 Å². The maximum absolute atomic E-state index is 10.9. The lowest BCUT2D eigenvalue weighted by molar-refractivity contribution is -0.384. The SMILES string of the molecule is Cc1cc([N+](=O)[O-])ccc1/N=C1\SC[C@H](CC(C)C)N1CC1CC1. The molecule has 0 aromatic heterocycles. The Morgan fingerprint density at radius 2 is 2.17 bits per heavy atom. The van der Waals surface area contributed by atoms with Gasteiger partial charge in [-0.2, -0.15) is 0 Å². The zero-order chi connectivity index (χ0) is 17.3. The third kappa shape index (κ3) is 4.09. The summed E-state index contributed by atoms with van der Waals surface area (Å²) < 4.78 is 0. The van der Waals surface area contributed by atoms with Crippen molar-refractivity contribution < 1.29 is 4.92 Å². The van der Waals surface area contributed by atoms with Gasteiger partial charge in [0.25, 0.3) is 5.69 Å². The lowest BCUT2D eigenvalue weighted by Crippen LogP contribution is -2.36. The predicted octanol–water partition coefficient (Wildman–Crippen LogP) is 4.76. The Morgan fingerprint density at radius 3 is 2.75 bits per heavy atom. The molecule has 5 nitrogen and oxygen atoms in total. The number of aliphatic imine (C=N–C) groups is 1. The summed E-state index contributed by atoms with van der Waals surface area (Å²) in [7, 11) is 0. The third-order valence-corrected chi connectivity index (χ3v) is 5.73. The molecule has 0 amide bonds. The number of benzene rings is 1. The number of aryl methyl sites for hydroxylation is 1. The Kier molecular flexibility index (Phi) is 5.13. The highest BCUT2D eigenvalue weighted by atomic mass is 32.2. The number of nitrogens with zero attached hydrogens (tertiary/aromatic N) is 3. The van der Waals surface area contributed by atoms with Gasteiger partial charge in [-0.15, -0.1) is 0 Å². The first-order chi connectivity index (χ1) is 11.4. The van der Waals surface area contributed by atoms with Gasteiger partial charge >= 0.3 is 0 Å². The summed E-state index contributed by atoms with van der Waals surface area (Å²) in [6.07, 6.45) is 3.86. The van der Waals surface area contributed by atoms with Crippen molar-refractivity contribution in [2.75, 3.05) is 12.3 Å². The highest BCUT2D eigenvalue weighted by Gasteiger charge is 2.35. The van der Waals surface area contributed by atoms with Gasteiger partial charge < -0.3 is 4.90 Å². The molecule has 1 saturated carbocycles. The second-order valence-corrected chi connectivity index (χ2v) is 8.30. The van der Waals surface area contributed by atoms with Crippen LogP contribution >= 0.6 is 11.8 Å². The monoisotopic (exact) mass is 347 g/mol. The summed E-state index contributed by atoms with van der Waals surface area (Å²) in [4.78, 5) is 17.9. The summed E-state index contributed by atoms with van der Waals surface area (Å²) in [5.74, 6) is 2.59. The molecule has 24 heavy (non-hydrogen) atoms. The van der Waals surface area contributed by atoms with Crippen molar-refractivity contribution >= 4 is 28.3 Å². The number of hydrogen-bond acceptors (Lipinski definition) is 4. The van der Waals surface area contributed by atoms with E-state index in [1.807, 2.05) is 18.7 Å². The minimum Gasteiger partial charge on any atom is -0.347 e. The summed E-state index contributed by atoms with van der Waals surface area (Å²) in [5.41, 5.74) is 1.83. The molecule has 6 heteroatoms. The maximum Gasteiger partial charge on any atom is 0.269 e. The fourth-order valence-electron chi connectivity index (χ4n) is 3.12. The first-order valence-electron chi connectivity index (χ1n) is 8.67. The summed E-state index contributed by atoms with van der Waals surface area (Å²) in [6, 6.07) is 5.48. The minimum atomic E-state index is -0.355. The molecular formula is C18H25N3O2S. The van der Waals surface area contributed by atoms with Crippen LogP contribution in [0.1, 0.15) is 38.7 Å². The predicted molar refractivity (Wildman–Crippen MR) is 100 cm³/mol. The van der Waals surface area contributed by atoms with Gasteiger partial charge in [0.2, 0.25) is 0 Å². The smallest absolute Gasteiger partial charge is 0.269 e. The molecule has 3 rings (SSSR count). The van der Waals surface area contributed by atoms with E-state index in [1.54, 1.807) is 18.2 Å². The zero-order valence-electron chi connectivity index (χ0n) is 14.6. The van der Waals surface area contributed by atoms with E-state index in [0.29, 0.717) is 12.0 Å². The van der Waals surface area contributed by atoms with Gasteiger partial charge in [0, 0.05) is 30.5 Å². The maximum atomic E-state index is 10.9. The van der Waals surface area contributed by atoms with Crippen LogP contribution in [-0.4, -0.2) is 33.3 Å². The minimum absolute atomic E-state index is 0.128. The van der Waals surface area contributed by atoms with E-state index in [-0.39, 0.29) is 10.6 Å². The summed E-state index contributed by atoms with van der Waals surface area (Å²) in [6.45, 7) is 7.54. The average molecular weight is 347 g/mol. The number of thioether (sulfide) groups is 1. The molecule has 2 fully saturated rings. The summed E-state index contributed by atoms with van der Waals surface area (Å²) in [5, 5.41) is 12.0. The molecule has 0 unspecified atom stereocenters. The number of hydrogen-bond donors (Lipinski definition) is 0. The molecule has 0 N–H and O–H groups in total. The molecule has 130 valence electrons. The quantitative estimate of drug-likeness (QED) is 0.550. The standard InChI is InChI=1S/C18H25N3O2S/c1-12(2)8-16-11-24-18(20(16)10-14-4-5-14)19-17-7-6-15(21(22)23)9-13(17)3/h6-7,9,12,14,16H,4-5,8,10-11H2,1-3H3/b19-18-/t16-/m0/s1. The van der Waals surface area contributed by atoms with E-state index in [1.165, 1.54) is 19.3 Å². The molecule has 1 aromatic carbocycles. The van der Waals surface area contributed by atoms with E-state index in [2.05, 4.69) is 18.7 Å². The van der Waals surface area contributed by atoms with Gasteiger partial charge in [0.05, 0.1) is 10.6 Å². The second-order valence-electron chi connectivity index (χ2n) is 7.31. The molecular weight excluding hydrogens is 322 g/mol. The summed E-state index contributed by atoms with van der Waals surface area (Å²) >= 11 is 1.83. The Morgan fingerprint density at radius 1 is 1.42 bits per heavy atom. The average Bonchev–Trinajstić information content (AvgIpc) is 3.26. The van der Waals surface area contributed by atoms with E-state index < -0.39 is 0 Å². The molecule has 1 aliphatic carbocycles. The molecule has 1 aliphatic heterocycles. The Labute approximate surface area is 147 Å². The van der Waals surface area contributed by atoms with Gasteiger partial charge in [-0.3, -0.25) is 10.1 Å². The molecule has 0 spiro atoms. The van der Waals surface area contributed by atoms with Crippen LogP contribution in [0.5, 0.6) is 0 Å². The number of amidine groups is 1. The van der Waals surface area contributed by atoms with Crippen molar-refractivity contribution in [1.29, 1.82) is 0 Å². The van der Waals surface area contributed by atoms with Crippen molar-refractivity contribution in [1.82, 2.24) is 4.90 Å². The highest BCUT2D eigenvalue weighted by molar-refractivity contribution is 8.14. The van der Waals surface area contributed by atoms with Crippen LogP contribution in [0.25, 0.3) is 0 Å². The van der Waals surface area contributed by atoms with Gasteiger partial charge in [-0.1, -0.05) is 25.6 Å². The largest absolute Gasteiger partial charge is 0.347 e. The zero-order valence-corrected chi connectivity index (χ0v) is 15.4. The van der Waals surface area contributed by atoms with Crippen LogP contribution in [0.15, 0.2) is 23.2 Å². The van der Waals surface area contributed by atoms with Crippen LogP contribution in [0, 0.1) is 28.9 Å².